The predicted octanol–water partition coefficient (Wildman–Crippen LogP) is 4.20. The molecule has 0 spiro atoms. The summed E-state index contributed by atoms with van der Waals surface area (Å²) in [5.74, 6) is 0.807. The fraction of sp³-hybridized carbons (Fsp3) is 0.643. The third-order valence-electron chi connectivity index (χ3n) is 2.40. The Labute approximate surface area is 142 Å². The molecule has 0 aliphatic carbocycles. The highest BCUT2D eigenvalue weighted by atomic mass is 79.9. The third kappa shape index (κ3) is 7.33. The smallest absolute Gasteiger partial charge is 0.408 e. The highest BCUT2D eigenvalue weighted by Crippen LogP contribution is 2.26. The van der Waals surface area contributed by atoms with Gasteiger partial charge >= 0.3 is 6.09 Å². The molecule has 2 N–H and O–H groups in total. The van der Waals surface area contributed by atoms with Crippen LogP contribution in [0.15, 0.2) is 19.6 Å². The molecule has 21 heavy (non-hydrogen) atoms. The van der Waals surface area contributed by atoms with Gasteiger partial charge in [-0.2, -0.15) is 0 Å². The molecule has 0 aliphatic heterocycles. The van der Waals surface area contributed by atoms with E-state index in [0.717, 1.165) is 10.2 Å². The van der Waals surface area contributed by atoms with Crippen molar-refractivity contribution < 1.29 is 13.9 Å². The number of amides is 1. The SMILES string of the molecule is CC(C)(CNCc1cc(Br)c(Br)o1)NC(=O)OC(C)(C)C. The Morgan fingerprint density at radius 3 is 2.38 bits per heavy atom. The number of hydrogen-bond donors (Lipinski definition) is 2. The summed E-state index contributed by atoms with van der Waals surface area (Å²) in [6.45, 7) is 10.5. The molecule has 0 bridgehead atoms. The van der Waals surface area contributed by atoms with E-state index in [1.165, 1.54) is 0 Å². The number of carbonyl (C=O) groups is 1. The van der Waals surface area contributed by atoms with Crippen LogP contribution >= 0.6 is 31.9 Å². The molecule has 0 saturated heterocycles. The van der Waals surface area contributed by atoms with Crippen LogP contribution in [-0.4, -0.2) is 23.8 Å². The molecule has 120 valence electrons. The Hall–Kier alpha value is -0.530. The Bertz CT molecular complexity index is 473. The Balaban J connectivity index is 2.40. The zero-order chi connectivity index (χ0) is 16.3. The van der Waals surface area contributed by atoms with E-state index in [2.05, 4.69) is 42.5 Å². The van der Waals surface area contributed by atoms with E-state index in [9.17, 15) is 4.79 Å². The van der Waals surface area contributed by atoms with Crippen molar-refractivity contribution in [3.8, 4) is 0 Å². The fourth-order valence-electron chi connectivity index (χ4n) is 1.60. The Morgan fingerprint density at radius 1 is 1.29 bits per heavy atom. The maximum absolute atomic E-state index is 11.8. The largest absolute Gasteiger partial charge is 0.452 e. The van der Waals surface area contributed by atoms with E-state index in [-0.39, 0.29) is 0 Å². The molecule has 1 rings (SSSR count). The number of halogens is 2. The summed E-state index contributed by atoms with van der Waals surface area (Å²) in [5, 5.41) is 6.09. The number of rotatable bonds is 5. The van der Waals surface area contributed by atoms with Gasteiger partial charge in [-0.05, 0) is 72.5 Å². The standard InChI is InChI=1S/C14H22Br2N2O3/c1-13(2,3)21-12(19)18-14(4,5)8-17-7-9-6-10(15)11(16)20-9/h6,17H,7-8H2,1-5H3,(H,18,19). The van der Waals surface area contributed by atoms with Crippen molar-refractivity contribution in [3.05, 3.63) is 21.0 Å². The van der Waals surface area contributed by atoms with Gasteiger partial charge < -0.3 is 19.8 Å². The van der Waals surface area contributed by atoms with E-state index in [0.29, 0.717) is 17.8 Å². The minimum Gasteiger partial charge on any atom is -0.452 e. The molecule has 1 amide bonds. The molecule has 5 nitrogen and oxygen atoms in total. The van der Waals surface area contributed by atoms with E-state index in [4.69, 9.17) is 9.15 Å². The van der Waals surface area contributed by atoms with Gasteiger partial charge in [0.2, 0.25) is 0 Å². The van der Waals surface area contributed by atoms with Crippen LogP contribution < -0.4 is 10.6 Å². The lowest BCUT2D eigenvalue weighted by Gasteiger charge is -2.28. The van der Waals surface area contributed by atoms with Crippen molar-refractivity contribution in [2.75, 3.05) is 6.54 Å². The van der Waals surface area contributed by atoms with Crippen LogP contribution in [0.25, 0.3) is 0 Å². The van der Waals surface area contributed by atoms with Crippen molar-refractivity contribution in [3.63, 3.8) is 0 Å². The molecule has 0 aromatic carbocycles. The molecule has 1 aromatic rings. The summed E-state index contributed by atoms with van der Waals surface area (Å²) >= 11 is 6.66. The molecule has 0 aliphatic rings. The number of ether oxygens (including phenoxy) is 1. The van der Waals surface area contributed by atoms with Crippen molar-refractivity contribution in [2.45, 2.75) is 52.3 Å². The molecule has 0 atom stereocenters. The average molecular weight is 426 g/mol. The van der Waals surface area contributed by atoms with Crippen molar-refractivity contribution in [1.29, 1.82) is 0 Å². The number of carbonyl (C=O) groups excluding carboxylic acids is 1. The van der Waals surface area contributed by atoms with Gasteiger partial charge in [-0.15, -0.1) is 0 Å². The first-order chi connectivity index (χ1) is 9.48. The summed E-state index contributed by atoms with van der Waals surface area (Å²) in [7, 11) is 0. The van der Waals surface area contributed by atoms with Crippen LogP contribution in [-0.2, 0) is 11.3 Å². The van der Waals surface area contributed by atoms with Gasteiger partial charge in [0.05, 0.1) is 16.6 Å². The first kappa shape index (κ1) is 18.5. The van der Waals surface area contributed by atoms with E-state index < -0.39 is 17.2 Å². The maximum Gasteiger partial charge on any atom is 0.408 e. The lowest BCUT2D eigenvalue weighted by atomic mass is 10.1. The Kier molecular flexibility index (Phi) is 6.31. The van der Waals surface area contributed by atoms with Gasteiger partial charge in [-0.25, -0.2) is 4.79 Å². The van der Waals surface area contributed by atoms with Crippen molar-refractivity contribution >= 4 is 38.0 Å². The predicted molar refractivity (Wildman–Crippen MR) is 89.3 cm³/mol. The second kappa shape index (κ2) is 7.15. The first-order valence-electron chi connectivity index (χ1n) is 6.64. The Morgan fingerprint density at radius 2 is 1.90 bits per heavy atom. The summed E-state index contributed by atoms with van der Waals surface area (Å²) in [4.78, 5) is 11.8. The lowest BCUT2D eigenvalue weighted by molar-refractivity contribution is 0.0472. The average Bonchev–Trinajstić information content (AvgIpc) is 2.53. The monoisotopic (exact) mass is 424 g/mol. The second-order valence-corrected chi connectivity index (χ2v) is 8.02. The van der Waals surface area contributed by atoms with Crippen LogP contribution in [0, 0.1) is 0 Å². The normalized spacial score (nSPS) is 12.3. The minimum absolute atomic E-state index is 0.419. The van der Waals surface area contributed by atoms with Gasteiger partial charge in [-0.3, -0.25) is 0 Å². The lowest BCUT2D eigenvalue weighted by Crippen LogP contribution is -2.51. The molecule has 1 heterocycles. The first-order valence-corrected chi connectivity index (χ1v) is 8.23. The topological polar surface area (TPSA) is 63.5 Å². The van der Waals surface area contributed by atoms with Crippen LogP contribution in [0.5, 0.6) is 0 Å². The number of alkyl carbamates (subject to hydrolysis) is 1. The minimum atomic E-state index is -0.500. The quantitative estimate of drug-likeness (QED) is 0.741. The van der Waals surface area contributed by atoms with Gasteiger partial charge in [0.1, 0.15) is 11.4 Å². The molecule has 0 fully saturated rings. The summed E-state index contributed by atoms with van der Waals surface area (Å²) < 4.78 is 12.3. The molecular weight excluding hydrogens is 404 g/mol. The molecular formula is C14H22Br2N2O3. The molecule has 0 saturated carbocycles. The van der Waals surface area contributed by atoms with Gasteiger partial charge in [0.15, 0.2) is 4.67 Å². The number of nitrogens with one attached hydrogen (secondary N) is 2. The van der Waals surface area contributed by atoms with E-state index in [1.807, 2.05) is 40.7 Å². The molecule has 0 unspecified atom stereocenters. The summed E-state index contributed by atoms with van der Waals surface area (Å²) in [6, 6.07) is 1.89. The summed E-state index contributed by atoms with van der Waals surface area (Å²) in [5.41, 5.74) is -0.927. The molecule has 7 heteroatoms. The van der Waals surface area contributed by atoms with Crippen LogP contribution in [0.2, 0.25) is 0 Å². The van der Waals surface area contributed by atoms with E-state index >= 15 is 0 Å². The summed E-state index contributed by atoms with van der Waals surface area (Å²) in [6.07, 6.45) is -0.419. The second-order valence-electron chi connectivity index (χ2n) is 6.45. The van der Waals surface area contributed by atoms with Crippen molar-refractivity contribution in [1.82, 2.24) is 10.6 Å². The molecule has 1 aromatic heterocycles. The van der Waals surface area contributed by atoms with Crippen LogP contribution in [0.3, 0.4) is 0 Å². The highest BCUT2D eigenvalue weighted by molar-refractivity contribution is 9.13. The fourth-order valence-corrected chi connectivity index (χ4v) is 2.26. The maximum atomic E-state index is 11.8. The number of furan rings is 1. The van der Waals surface area contributed by atoms with Crippen LogP contribution in [0.4, 0.5) is 4.79 Å². The van der Waals surface area contributed by atoms with E-state index in [1.54, 1.807) is 0 Å². The van der Waals surface area contributed by atoms with Gasteiger partial charge in [0.25, 0.3) is 0 Å². The number of hydrogen-bond acceptors (Lipinski definition) is 4. The van der Waals surface area contributed by atoms with Crippen LogP contribution in [0.1, 0.15) is 40.4 Å². The zero-order valence-electron chi connectivity index (χ0n) is 13.0. The third-order valence-corrected chi connectivity index (χ3v) is 4.11. The highest BCUT2D eigenvalue weighted by Gasteiger charge is 2.24. The van der Waals surface area contributed by atoms with Crippen molar-refractivity contribution in [2.24, 2.45) is 0 Å². The van der Waals surface area contributed by atoms with Gasteiger partial charge in [-0.1, -0.05) is 0 Å². The van der Waals surface area contributed by atoms with Gasteiger partial charge in [0, 0.05) is 6.54 Å². The molecule has 0 radical (unpaired) electrons. The zero-order valence-corrected chi connectivity index (χ0v) is 16.1.